The first-order valence-corrected chi connectivity index (χ1v) is 12.3. The van der Waals surface area contributed by atoms with Crippen LogP contribution in [0.1, 0.15) is 49.3 Å². The third-order valence-electron chi connectivity index (χ3n) is 6.69. The minimum Gasteiger partial charge on any atom is -0.390 e. The van der Waals surface area contributed by atoms with Crippen molar-refractivity contribution in [2.45, 2.75) is 57.0 Å². The Labute approximate surface area is 201 Å². The summed E-state index contributed by atoms with van der Waals surface area (Å²) in [5.74, 6) is -0.648. The van der Waals surface area contributed by atoms with Gasteiger partial charge in [-0.05, 0) is 45.0 Å². The summed E-state index contributed by atoms with van der Waals surface area (Å²) in [7, 11) is 2.04. The zero-order chi connectivity index (χ0) is 24.0. The minimum atomic E-state index is -0.980. The average molecular weight is 484 g/mol. The Hall–Kier alpha value is -2.79. The molecule has 0 saturated heterocycles. The van der Waals surface area contributed by atoms with Crippen molar-refractivity contribution in [3.05, 3.63) is 51.1 Å². The van der Waals surface area contributed by atoms with Crippen molar-refractivity contribution in [3.8, 4) is 0 Å². The molecule has 1 saturated carbocycles. The van der Waals surface area contributed by atoms with Crippen molar-refractivity contribution in [3.63, 3.8) is 0 Å². The number of nitrogens with zero attached hydrogens (tertiary/aromatic N) is 2. The average Bonchev–Trinajstić information content (AvgIpc) is 3.40. The molecule has 1 aliphatic heterocycles. The molecule has 10 heteroatoms. The zero-order valence-corrected chi connectivity index (χ0v) is 20.0. The Bertz CT molecular complexity index is 1240. The lowest BCUT2D eigenvalue weighted by molar-refractivity contribution is -0.0275. The number of rotatable bonds is 4. The van der Waals surface area contributed by atoms with E-state index in [1.165, 1.54) is 11.3 Å². The van der Waals surface area contributed by atoms with E-state index >= 15 is 0 Å². The number of hydrogen-bond donors (Lipinski definition) is 5. The molecule has 2 amide bonds. The number of carbonyl (C=O) groups is 2. The molecule has 5 N–H and O–H groups in total. The van der Waals surface area contributed by atoms with Gasteiger partial charge in [0.1, 0.15) is 5.69 Å². The lowest BCUT2D eigenvalue weighted by Gasteiger charge is -2.37. The Morgan fingerprint density at radius 2 is 1.82 bits per heavy atom. The van der Waals surface area contributed by atoms with Gasteiger partial charge in [-0.15, -0.1) is 11.3 Å². The molecule has 0 bridgehead atoms. The van der Waals surface area contributed by atoms with Crippen LogP contribution in [0, 0.1) is 6.92 Å². The maximum Gasteiger partial charge on any atom is 0.280 e. The predicted octanol–water partition coefficient (Wildman–Crippen LogP) is 1.33. The minimum absolute atomic E-state index is 0.135. The van der Waals surface area contributed by atoms with E-state index in [1.54, 1.807) is 6.07 Å². The summed E-state index contributed by atoms with van der Waals surface area (Å²) in [5, 5.41) is 27.7. The zero-order valence-electron chi connectivity index (χ0n) is 19.2. The molecule has 2 unspecified atom stereocenters. The number of likely N-dealkylation sites (N-methyl/N-ethyl adjacent to an activating group) is 1. The molecule has 9 nitrogen and oxygen atoms in total. The summed E-state index contributed by atoms with van der Waals surface area (Å²) in [5.41, 5.74) is 3.33. The fourth-order valence-corrected chi connectivity index (χ4v) is 5.84. The molecule has 0 spiro atoms. The third-order valence-corrected chi connectivity index (χ3v) is 7.77. The van der Waals surface area contributed by atoms with E-state index in [4.69, 9.17) is 0 Å². The molecule has 5 rings (SSSR count). The summed E-state index contributed by atoms with van der Waals surface area (Å²) in [4.78, 5) is 37.0. The lowest BCUT2D eigenvalue weighted by atomic mass is 9.86. The van der Waals surface area contributed by atoms with Crippen LogP contribution in [0.15, 0.2) is 24.3 Å². The maximum atomic E-state index is 13.0. The van der Waals surface area contributed by atoms with Gasteiger partial charge >= 0.3 is 0 Å². The number of carbonyl (C=O) groups excluding carboxylic acids is 2. The first-order valence-electron chi connectivity index (χ1n) is 11.5. The van der Waals surface area contributed by atoms with E-state index in [9.17, 15) is 19.8 Å². The smallest absolute Gasteiger partial charge is 0.280 e. The number of H-pyrrole nitrogens is 1. The summed E-state index contributed by atoms with van der Waals surface area (Å²) in [6.07, 6.45) is -0.875. The number of aliphatic hydroxyl groups excluding tert-OH is 2. The van der Waals surface area contributed by atoms with Crippen LogP contribution < -0.4 is 10.6 Å². The molecule has 180 valence electrons. The van der Waals surface area contributed by atoms with Gasteiger partial charge in [-0.25, -0.2) is 4.98 Å². The van der Waals surface area contributed by atoms with Crippen LogP contribution in [-0.4, -0.2) is 74.8 Å². The van der Waals surface area contributed by atoms with E-state index in [1.807, 2.05) is 32.2 Å². The van der Waals surface area contributed by atoms with Crippen molar-refractivity contribution in [2.75, 3.05) is 13.6 Å². The normalized spacial score (nSPS) is 25.2. The molecular weight excluding hydrogens is 454 g/mol. The van der Waals surface area contributed by atoms with E-state index in [2.05, 4.69) is 25.5 Å². The molecule has 2 aromatic heterocycles. The molecular formula is C24H29N5O4S. The van der Waals surface area contributed by atoms with E-state index in [-0.39, 0.29) is 24.7 Å². The van der Waals surface area contributed by atoms with Crippen molar-refractivity contribution < 1.29 is 19.8 Å². The maximum absolute atomic E-state index is 13.0. The number of fused-ring (bicyclic) bond motifs is 2. The van der Waals surface area contributed by atoms with Crippen molar-refractivity contribution in [2.24, 2.45) is 0 Å². The van der Waals surface area contributed by atoms with Gasteiger partial charge in [-0.2, -0.15) is 0 Å². The first kappa shape index (κ1) is 23.0. The number of hydrogen-bond acceptors (Lipinski definition) is 7. The van der Waals surface area contributed by atoms with Crippen molar-refractivity contribution in [1.82, 2.24) is 25.5 Å². The Morgan fingerprint density at radius 1 is 1.12 bits per heavy atom. The fraction of sp³-hybridized carbons (Fsp3) is 0.458. The highest BCUT2D eigenvalue weighted by Crippen LogP contribution is 2.26. The van der Waals surface area contributed by atoms with Gasteiger partial charge in [-0.1, -0.05) is 11.6 Å². The first-order chi connectivity index (χ1) is 16.3. The summed E-state index contributed by atoms with van der Waals surface area (Å²) < 4.78 is 0. The van der Waals surface area contributed by atoms with E-state index in [0.717, 1.165) is 46.5 Å². The number of aryl methyl sites for hydroxylation is 1. The molecule has 1 fully saturated rings. The quantitative estimate of drug-likeness (QED) is 0.381. The number of amides is 2. The highest BCUT2D eigenvalue weighted by atomic mass is 32.1. The molecule has 0 radical (unpaired) electrons. The summed E-state index contributed by atoms with van der Waals surface area (Å²) in [6, 6.07) is 6.61. The molecule has 1 aliphatic carbocycles. The van der Waals surface area contributed by atoms with Crippen LogP contribution in [0.4, 0.5) is 0 Å². The van der Waals surface area contributed by atoms with E-state index in [0.29, 0.717) is 10.7 Å². The van der Waals surface area contributed by atoms with Crippen LogP contribution in [0.5, 0.6) is 0 Å². The van der Waals surface area contributed by atoms with Gasteiger partial charge < -0.3 is 30.7 Å². The number of nitrogens with one attached hydrogen (secondary N) is 3. The highest BCUT2D eigenvalue weighted by Gasteiger charge is 2.38. The van der Waals surface area contributed by atoms with Gasteiger partial charge in [0.25, 0.3) is 11.8 Å². The molecule has 34 heavy (non-hydrogen) atoms. The van der Waals surface area contributed by atoms with Gasteiger partial charge in [0.05, 0.1) is 30.0 Å². The number of thiazole rings is 1. The lowest BCUT2D eigenvalue weighted by Crippen LogP contribution is -2.59. The monoisotopic (exact) mass is 483 g/mol. The third kappa shape index (κ3) is 4.58. The summed E-state index contributed by atoms with van der Waals surface area (Å²) >= 11 is 1.38. The van der Waals surface area contributed by atoms with Crippen LogP contribution in [-0.2, 0) is 13.0 Å². The molecule has 2 aliphatic rings. The second kappa shape index (κ2) is 9.10. The standard InChI is InChI=1S/C24H29N5O4S/c1-12-3-4-14-13(7-12)8-18(25-14)22(32)26-16-9-19(30)20(31)10-17(16)27-23(33)24-28-15-5-6-29(2)11-21(15)34-24/h3-4,7-8,16-17,19-20,25,30-31H,5-6,9-11H2,1-2H3,(H,26,32)(H,27,33)/t16-,17+,19?,20?/m0/s1. The van der Waals surface area contributed by atoms with Crippen LogP contribution >= 0.6 is 11.3 Å². The van der Waals surface area contributed by atoms with Crippen LogP contribution in [0.3, 0.4) is 0 Å². The predicted molar refractivity (Wildman–Crippen MR) is 129 cm³/mol. The second-order valence-electron chi connectivity index (χ2n) is 9.42. The topological polar surface area (TPSA) is 131 Å². The Balaban J connectivity index is 1.31. The highest BCUT2D eigenvalue weighted by molar-refractivity contribution is 7.13. The number of benzene rings is 1. The fourth-order valence-electron chi connectivity index (χ4n) is 4.75. The van der Waals surface area contributed by atoms with Gasteiger partial charge in [0.2, 0.25) is 0 Å². The van der Waals surface area contributed by atoms with Gasteiger partial charge in [0, 0.05) is 35.3 Å². The summed E-state index contributed by atoms with van der Waals surface area (Å²) in [6.45, 7) is 3.68. The van der Waals surface area contributed by atoms with E-state index < -0.39 is 24.3 Å². The van der Waals surface area contributed by atoms with Gasteiger partial charge in [-0.3, -0.25) is 9.59 Å². The molecule has 4 atom stereocenters. The number of aromatic amines is 1. The second-order valence-corrected chi connectivity index (χ2v) is 10.5. The molecule has 3 heterocycles. The van der Waals surface area contributed by atoms with Crippen molar-refractivity contribution >= 4 is 34.1 Å². The Morgan fingerprint density at radius 3 is 2.56 bits per heavy atom. The van der Waals surface area contributed by atoms with Crippen LogP contribution in [0.25, 0.3) is 10.9 Å². The van der Waals surface area contributed by atoms with Crippen LogP contribution in [0.2, 0.25) is 0 Å². The molecule has 3 aromatic rings. The van der Waals surface area contributed by atoms with Crippen molar-refractivity contribution in [1.29, 1.82) is 0 Å². The number of aromatic nitrogens is 2. The number of aliphatic hydroxyl groups is 2. The SMILES string of the molecule is Cc1ccc2[nH]c(C(=O)N[C@H]3CC(O)C(O)C[C@H]3NC(=O)c3nc4c(s3)CN(C)CC4)cc2c1. The molecule has 1 aromatic carbocycles. The van der Waals surface area contributed by atoms with Gasteiger partial charge in [0.15, 0.2) is 5.01 Å². The largest absolute Gasteiger partial charge is 0.390 e. The Kier molecular flexibility index (Phi) is 6.15.